The number of nitrogens with two attached hydrogens (primary N) is 1. The molecule has 5 nitrogen and oxygen atoms in total. The van der Waals surface area contributed by atoms with Gasteiger partial charge in [0.15, 0.2) is 5.76 Å². The number of para-hydroxylation sites is 1. The summed E-state index contributed by atoms with van der Waals surface area (Å²) < 4.78 is 5.84. The molecule has 0 saturated carbocycles. The average Bonchev–Trinajstić information content (AvgIpc) is 3.26. The number of hydrogen-bond acceptors (Lipinski definition) is 6. The molecule has 2 heterocycles. The summed E-state index contributed by atoms with van der Waals surface area (Å²) >= 11 is 1.48. The van der Waals surface area contributed by atoms with Crippen LogP contribution in [0.5, 0.6) is 0 Å². The molecule has 0 aliphatic heterocycles. The molecule has 0 unspecified atom stereocenters. The summed E-state index contributed by atoms with van der Waals surface area (Å²) in [6.45, 7) is 1.94. The van der Waals surface area contributed by atoms with E-state index in [4.69, 9.17) is 10.2 Å². The fourth-order valence-electron chi connectivity index (χ4n) is 2.47. The van der Waals surface area contributed by atoms with Gasteiger partial charge in [-0.2, -0.15) is 5.10 Å². The third kappa shape index (κ3) is 3.25. The molecular formula is C19H16N4OS. The third-order valence-corrected chi connectivity index (χ3v) is 4.58. The Bertz CT molecular complexity index is 1010. The molecule has 4 aromatic rings. The highest BCUT2D eigenvalue weighted by Gasteiger charge is 2.10. The van der Waals surface area contributed by atoms with Crippen LogP contribution in [0.2, 0.25) is 0 Å². The molecule has 0 radical (unpaired) electrons. The van der Waals surface area contributed by atoms with Gasteiger partial charge in [-0.05, 0) is 36.8 Å². The number of aromatic nitrogens is 1. The molecule has 0 aliphatic carbocycles. The second kappa shape index (κ2) is 6.41. The van der Waals surface area contributed by atoms with Gasteiger partial charge in [-0.1, -0.05) is 30.3 Å². The summed E-state index contributed by atoms with van der Waals surface area (Å²) in [4.78, 5) is 4.54. The van der Waals surface area contributed by atoms with E-state index in [9.17, 15) is 0 Å². The number of nitrogen functional groups attached to an aromatic ring is 1. The maximum Gasteiger partial charge on any atom is 0.204 e. The predicted molar refractivity (Wildman–Crippen MR) is 104 cm³/mol. The number of anilines is 2. The van der Waals surface area contributed by atoms with Crippen LogP contribution < -0.4 is 11.2 Å². The Labute approximate surface area is 148 Å². The van der Waals surface area contributed by atoms with Crippen molar-refractivity contribution in [3.63, 3.8) is 0 Å². The number of nitrogens with one attached hydrogen (secondary N) is 1. The van der Waals surface area contributed by atoms with E-state index in [0.717, 1.165) is 39.4 Å². The Kier molecular flexibility index (Phi) is 3.95. The lowest BCUT2D eigenvalue weighted by Crippen LogP contribution is -1.99. The first-order chi connectivity index (χ1) is 12.2. The fourth-order valence-corrected chi connectivity index (χ4v) is 3.11. The van der Waals surface area contributed by atoms with Crippen molar-refractivity contribution in [3.05, 3.63) is 65.5 Å². The lowest BCUT2D eigenvalue weighted by atomic mass is 10.1. The van der Waals surface area contributed by atoms with Crippen LogP contribution in [0.25, 0.3) is 22.4 Å². The molecule has 0 bridgehead atoms. The number of hydrazone groups is 1. The molecule has 4 rings (SSSR count). The SMILES string of the molecule is CC(=NNc1nc(-c2cc3ccccc3o2)cs1)c1ccc(N)cc1. The number of benzene rings is 2. The second-order valence-corrected chi connectivity index (χ2v) is 6.48. The number of rotatable bonds is 4. The van der Waals surface area contributed by atoms with Gasteiger partial charge in [0.2, 0.25) is 5.13 Å². The van der Waals surface area contributed by atoms with Crippen molar-refractivity contribution < 1.29 is 4.42 Å². The Morgan fingerprint density at radius 2 is 1.96 bits per heavy atom. The maximum atomic E-state index is 5.84. The molecule has 124 valence electrons. The van der Waals surface area contributed by atoms with Crippen LogP contribution in [0.15, 0.2) is 69.5 Å². The third-order valence-electron chi connectivity index (χ3n) is 3.83. The highest BCUT2D eigenvalue weighted by molar-refractivity contribution is 7.14. The molecule has 0 aliphatic rings. The number of nitrogens with zero attached hydrogens (tertiary/aromatic N) is 2. The van der Waals surface area contributed by atoms with Gasteiger partial charge in [-0.25, -0.2) is 4.98 Å². The molecule has 0 spiro atoms. The van der Waals surface area contributed by atoms with Gasteiger partial charge in [-0.3, -0.25) is 5.43 Å². The largest absolute Gasteiger partial charge is 0.454 e. The van der Waals surface area contributed by atoms with Gasteiger partial charge in [0.25, 0.3) is 0 Å². The van der Waals surface area contributed by atoms with Gasteiger partial charge in [0.1, 0.15) is 11.3 Å². The van der Waals surface area contributed by atoms with Gasteiger partial charge in [-0.15, -0.1) is 11.3 Å². The molecule has 0 amide bonds. The van der Waals surface area contributed by atoms with Crippen molar-refractivity contribution in [1.29, 1.82) is 0 Å². The molecule has 3 N–H and O–H groups in total. The first-order valence-corrected chi connectivity index (χ1v) is 8.68. The van der Waals surface area contributed by atoms with E-state index in [1.807, 2.05) is 66.9 Å². The zero-order chi connectivity index (χ0) is 17.2. The van der Waals surface area contributed by atoms with Crippen LogP contribution >= 0.6 is 11.3 Å². The first kappa shape index (κ1) is 15.4. The summed E-state index contributed by atoms with van der Waals surface area (Å²) in [6.07, 6.45) is 0. The minimum Gasteiger partial charge on any atom is -0.454 e. The molecule has 0 saturated heterocycles. The standard InChI is InChI=1S/C19H16N4OS/c1-12(13-6-8-15(20)9-7-13)22-23-19-21-16(11-25-19)18-10-14-4-2-3-5-17(14)24-18/h2-11H,20H2,1H3,(H,21,23). The van der Waals surface area contributed by atoms with Crippen LogP contribution in [-0.4, -0.2) is 10.7 Å². The summed E-state index contributed by atoms with van der Waals surface area (Å²) in [5.74, 6) is 0.754. The lowest BCUT2D eigenvalue weighted by Gasteiger charge is -2.01. The Hall–Kier alpha value is -3.12. The number of hydrogen-bond donors (Lipinski definition) is 2. The van der Waals surface area contributed by atoms with Crippen molar-refractivity contribution in [2.75, 3.05) is 11.2 Å². The van der Waals surface area contributed by atoms with E-state index in [-0.39, 0.29) is 0 Å². The molecule has 0 fully saturated rings. The fraction of sp³-hybridized carbons (Fsp3) is 0.0526. The van der Waals surface area contributed by atoms with Crippen molar-refractivity contribution >= 4 is 38.8 Å². The van der Waals surface area contributed by atoms with E-state index in [1.165, 1.54) is 11.3 Å². The lowest BCUT2D eigenvalue weighted by molar-refractivity contribution is 0.629. The zero-order valence-electron chi connectivity index (χ0n) is 13.6. The Morgan fingerprint density at radius 1 is 1.16 bits per heavy atom. The van der Waals surface area contributed by atoms with Crippen molar-refractivity contribution in [1.82, 2.24) is 4.98 Å². The van der Waals surface area contributed by atoms with Crippen LogP contribution in [0.1, 0.15) is 12.5 Å². The summed E-state index contributed by atoms with van der Waals surface area (Å²) in [6, 6.07) is 17.5. The van der Waals surface area contributed by atoms with E-state index in [2.05, 4.69) is 15.5 Å². The molecule has 6 heteroatoms. The predicted octanol–water partition coefficient (Wildman–Crippen LogP) is 4.97. The van der Waals surface area contributed by atoms with E-state index >= 15 is 0 Å². The number of fused-ring (bicyclic) bond motifs is 1. The van der Waals surface area contributed by atoms with Gasteiger partial charge >= 0.3 is 0 Å². The summed E-state index contributed by atoms with van der Waals surface area (Å²) in [7, 11) is 0. The van der Waals surface area contributed by atoms with Crippen molar-refractivity contribution in [2.24, 2.45) is 5.10 Å². The van der Waals surface area contributed by atoms with Gasteiger partial charge < -0.3 is 10.2 Å². The van der Waals surface area contributed by atoms with Crippen LogP contribution in [0.4, 0.5) is 10.8 Å². The van der Waals surface area contributed by atoms with Gasteiger partial charge in [0.05, 0.1) is 5.71 Å². The smallest absolute Gasteiger partial charge is 0.204 e. The van der Waals surface area contributed by atoms with Crippen molar-refractivity contribution in [2.45, 2.75) is 6.92 Å². The first-order valence-electron chi connectivity index (χ1n) is 7.80. The number of furan rings is 1. The van der Waals surface area contributed by atoms with Crippen LogP contribution in [0.3, 0.4) is 0 Å². The van der Waals surface area contributed by atoms with Crippen LogP contribution in [0, 0.1) is 0 Å². The van der Waals surface area contributed by atoms with E-state index < -0.39 is 0 Å². The Morgan fingerprint density at radius 3 is 2.76 bits per heavy atom. The maximum absolute atomic E-state index is 5.84. The minimum atomic E-state index is 0.713. The Balaban J connectivity index is 1.53. The van der Waals surface area contributed by atoms with Crippen molar-refractivity contribution in [3.8, 4) is 11.5 Å². The summed E-state index contributed by atoms with van der Waals surface area (Å²) in [5.41, 5.74) is 13.0. The second-order valence-electron chi connectivity index (χ2n) is 5.62. The quantitative estimate of drug-likeness (QED) is 0.310. The molecule has 0 atom stereocenters. The van der Waals surface area contributed by atoms with E-state index in [0.29, 0.717) is 5.13 Å². The minimum absolute atomic E-state index is 0.713. The van der Waals surface area contributed by atoms with Crippen LogP contribution in [-0.2, 0) is 0 Å². The summed E-state index contributed by atoms with van der Waals surface area (Å²) in [5, 5.41) is 8.12. The van der Waals surface area contributed by atoms with Gasteiger partial charge in [0, 0.05) is 16.5 Å². The highest BCUT2D eigenvalue weighted by Crippen LogP contribution is 2.30. The molecule has 2 aromatic heterocycles. The highest BCUT2D eigenvalue weighted by atomic mass is 32.1. The molecule has 25 heavy (non-hydrogen) atoms. The average molecular weight is 348 g/mol. The number of thiazole rings is 1. The monoisotopic (exact) mass is 348 g/mol. The van der Waals surface area contributed by atoms with E-state index in [1.54, 1.807) is 0 Å². The molecule has 2 aromatic carbocycles. The topological polar surface area (TPSA) is 76.4 Å². The normalized spacial score (nSPS) is 11.8. The zero-order valence-corrected chi connectivity index (χ0v) is 14.4. The molecular weight excluding hydrogens is 332 g/mol.